The van der Waals surface area contributed by atoms with E-state index in [1.54, 1.807) is 6.07 Å². The fourth-order valence-corrected chi connectivity index (χ4v) is 1.47. The average molecular weight is 237 g/mol. The maximum absolute atomic E-state index is 11.2. The van der Waals surface area contributed by atoms with Crippen molar-refractivity contribution < 1.29 is 9.53 Å². The van der Waals surface area contributed by atoms with Gasteiger partial charge in [-0.15, -0.1) is 0 Å². The molecule has 5 nitrogen and oxygen atoms in total. The topological polar surface area (TPSA) is 68.5 Å². The van der Waals surface area contributed by atoms with Gasteiger partial charge in [0.05, 0.1) is 18.4 Å². The summed E-state index contributed by atoms with van der Waals surface area (Å²) in [7, 11) is 3.38. The molecule has 0 aliphatic heterocycles. The SMILES string of the molecule is COC(=O)c1ccc(CN(C)CCCN)nc1. The lowest BCUT2D eigenvalue weighted by Gasteiger charge is -2.15. The summed E-state index contributed by atoms with van der Waals surface area (Å²) < 4.78 is 4.61. The third-order valence-corrected chi connectivity index (χ3v) is 2.42. The predicted molar refractivity (Wildman–Crippen MR) is 65.6 cm³/mol. The second kappa shape index (κ2) is 6.98. The molecule has 1 heterocycles. The van der Waals surface area contributed by atoms with E-state index in [9.17, 15) is 4.79 Å². The number of nitrogens with zero attached hydrogens (tertiary/aromatic N) is 2. The van der Waals surface area contributed by atoms with Crippen LogP contribution in [0.25, 0.3) is 0 Å². The van der Waals surface area contributed by atoms with Gasteiger partial charge in [0.15, 0.2) is 0 Å². The van der Waals surface area contributed by atoms with Gasteiger partial charge in [-0.1, -0.05) is 0 Å². The second-order valence-corrected chi connectivity index (χ2v) is 3.91. The Kier molecular flexibility index (Phi) is 5.59. The van der Waals surface area contributed by atoms with Gasteiger partial charge < -0.3 is 15.4 Å². The number of carbonyl (C=O) groups excluding carboxylic acids is 1. The van der Waals surface area contributed by atoms with Crippen LogP contribution < -0.4 is 5.73 Å². The minimum Gasteiger partial charge on any atom is -0.465 e. The van der Waals surface area contributed by atoms with Gasteiger partial charge >= 0.3 is 5.97 Å². The molecule has 0 bridgehead atoms. The quantitative estimate of drug-likeness (QED) is 0.736. The molecule has 0 radical (unpaired) electrons. The Labute approximate surface area is 102 Å². The molecule has 94 valence electrons. The summed E-state index contributed by atoms with van der Waals surface area (Å²) in [4.78, 5) is 17.6. The van der Waals surface area contributed by atoms with E-state index in [1.807, 2.05) is 13.1 Å². The van der Waals surface area contributed by atoms with Crippen LogP contribution in [0.2, 0.25) is 0 Å². The van der Waals surface area contributed by atoms with Crippen LogP contribution in [0.15, 0.2) is 18.3 Å². The first-order valence-electron chi connectivity index (χ1n) is 5.59. The van der Waals surface area contributed by atoms with Gasteiger partial charge in [0.25, 0.3) is 0 Å². The van der Waals surface area contributed by atoms with E-state index in [2.05, 4.69) is 14.6 Å². The van der Waals surface area contributed by atoms with Gasteiger partial charge in [-0.2, -0.15) is 0 Å². The van der Waals surface area contributed by atoms with Gasteiger partial charge in [-0.25, -0.2) is 4.79 Å². The van der Waals surface area contributed by atoms with Crippen LogP contribution in [-0.2, 0) is 11.3 Å². The highest BCUT2D eigenvalue weighted by Crippen LogP contribution is 2.04. The van der Waals surface area contributed by atoms with Crippen molar-refractivity contribution in [2.75, 3.05) is 27.2 Å². The Hall–Kier alpha value is -1.46. The summed E-state index contributed by atoms with van der Waals surface area (Å²) >= 11 is 0. The summed E-state index contributed by atoms with van der Waals surface area (Å²) in [5, 5.41) is 0. The largest absolute Gasteiger partial charge is 0.465 e. The Bertz CT molecular complexity index is 351. The van der Waals surface area contributed by atoms with Crippen molar-refractivity contribution in [3.8, 4) is 0 Å². The molecule has 0 amide bonds. The molecule has 2 N–H and O–H groups in total. The molecule has 0 atom stereocenters. The minimum atomic E-state index is -0.361. The number of hydrogen-bond donors (Lipinski definition) is 1. The van der Waals surface area contributed by atoms with Crippen LogP contribution >= 0.6 is 0 Å². The van der Waals surface area contributed by atoms with E-state index in [1.165, 1.54) is 13.3 Å². The minimum absolute atomic E-state index is 0.361. The lowest BCUT2D eigenvalue weighted by atomic mass is 10.2. The molecule has 17 heavy (non-hydrogen) atoms. The molecule has 0 spiro atoms. The number of rotatable bonds is 6. The molecule has 1 rings (SSSR count). The molecule has 1 aromatic heterocycles. The zero-order valence-electron chi connectivity index (χ0n) is 10.3. The van der Waals surface area contributed by atoms with Crippen LogP contribution in [0.4, 0.5) is 0 Å². The molecular formula is C12H19N3O2. The fraction of sp³-hybridized carbons (Fsp3) is 0.500. The van der Waals surface area contributed by atoms with Crippen LogP contribution in [0, 0.1) is 0 Å². The Balaban J connectivity index is 2.53. The number of ether oxygens (including phenoxy) is 1. The highest BCUT2D eigenvalue weighted by molar-refractivity contribution is 5.88. The van der Waals surface area contributed by atoms with Crippen LogP contribution in [-0.4, -0.2) is 43.1 Å². The Morgan fingerprint density at radius 3 is 2.82 bits per heavy atom. The van der Waals surface area contributed by atoms with Gasteiger partial charge in [-0.05, 0) is 38.7 Å². The number of hydrogen-bond acceptors (Lipinski definition) is 5. The summed E-state index contributed by atoms with van der Waals surface area (Å²) in [6.07, 6.45) is 2.51. The molecule has 0 aliphatic carbocycles. The summed E-state index contributed by atoms with van der Waals surface area (Å²) in [5.41, 5.74) is 6.85. The van der Waals surface area contributed by atoms with Crippen molar-refractivity contribution in [3.63, 3.8) is 0 Å². The number of esters is 1. The van der Waals surface area contributed by atoms with Gasteiger partial charge in [0.1, 0.15) is 0 Å². The van der Waals surface area contributed by atoms with Crippen LogP contribution in [0.3, 0.4) is 0 Å². The molecule has 0 saturated carbocycles. The zero-order chi connectivity index (χ0) is 12.7. The number of aromatic nitrogens is 1. The van der Waals surface area contributed by atoms with Crippen molar-refractivity contribution in [2.24, 2.45) is 5.73 Å². The van der Waals surface area contributed by atoms with Crippen molar-refractivity contribution in [1.29, 1.82) is 0 Å². The highest BCUT2D eigenvalue weighted by atomic mass is 16.5. The van der Waals surface area contributed by atoms with Crippen LogP contribution in [0.5, 0.6) is 0 Å². The third-order valence-electron chi connectivity index (χ3n) is 2.42. The van der Waals surface area contributed by atoms with E-state index in [0.717, 1.165) is 25.2 Å². The number of methoxy groups -OCH3 is 1. The lowest BCUT2D eigenvalue weighted by molar-refractivity contribution is 0.0600. The number of pyridine rings is 1. The normalized spacial score (nSPS) is 10.6. The van der Waals surface area contributed by atoms with Gasteiger partial charge in [0.2, 0.25) is 0 Å². The monoisotopic (exact) mass is 237 g/mol. The zero-order valence-corrected chi connectivity index (χ0v) is 10.3. The summed E-state index contributed by atoms with van der Waals surface area (Å²) in [6, 6.07) is 3.57. The van der Waals surface area contributed by atoms with Crippen molar-refractivity contribution in [1.82, 2.24) is 9.88 Å². The second-order valence-electron chi connectivity index (χ2n) is 3.91. The molecule has 1 aromatic rings. The molecule has 0 fully saturated rings. The number of nitrogens with two attached hydrogens (primary N) is 1. The van der Waals surface area contributed by atoms with Gasteiger partial charge in [0, 0.05) is 12.7 Å². The molecule has 0 aromatic carbocycles. The van der Waals surface area contributed by atoms with E-state index in [4.69, 9.17) is 5.73 Å². The molecular weight excluding hydrogens is 218 g/mol. The van der Waals surface area contributed by atoms with Crippen molar-refractivity contribution in [3.05, 3.63) is 29.6 Å². The maximum Gasteiger partial charge on any atom is 0.339 e. The maximum atomic E-state index is 11.2. The van der Waals surface area contributed by atoms with E-state index in [-0.39, 0.29) is 5.97 Å². The average Bonchev–Trinajstić information content (AvgIpc) is 2.36. The molecule has 5 heteroatoms. The first-order chi connectivity index (χ1) is 8.17. The Morgan fingerprint density at radius 2 is 2.29 bits per heavy atom. The van der Waals surface area contributed by atoms with E-state index < -0.39 is 0 Å². The molecule has 0 aliphatic rings. The standard InChI is InChI=1S/C12H19N3O2/c1-15(7-3-6-13)9-11-5-4-10(8-14-11)12(16)17-2/h4-5,8H,3,6-7,9,13H2,1-2H3. The third kappa shape index (κ3) is 4.50. The van der Waals surface area contributed by atoms with Crippen molar-refractivity contribution in [2.45, 2.75) is 13.0 Å². The molecule has 0 saturated heterocycles. The Morgan fingerprint density at radius 1 is 1.53 bits per heavy atom. The first kappa shape index (κ1) is 13.6. The summed E-state index contributed by atoms with van der Waals surface area (Å²) in [5.74, 6) is -0.361. The predicted octanol–water partition coefficient (Wildman–Crippen LogP) is 0.649. The van der Waals surface area contributed by atoms with Crippen LogP contribution in [0.1, 0.15) is 22.5 Å². The first-order valence-corrected chi connectivity index (χ1v) is 5.59. The van der Waals surface area contributed by atoms with E-state index in [0.29, 0.717) is 12.1 Å². The number of carbonyl (C=O) groups is 1. The highest BCUT2D eigenvalue weighted by Gasteiger charge is 2.06. The van der Waals surface area contributed by atoms with Crippen molar-refractivity contribution >= 4 is 5.97 Å². The summed E-state index contributed by atoms with van der Waals surface area (Å²) in [6.45, 7) is 2.39. The lowest BCUT2D eigenvalue weighted by Crippen LogP contribution is -2.21. The fourth-order valence-electron chi connectivity index (χ4n) is 1.47. The van der Waals surface area contributed by atoms with E-state index >= 15 is 0 Å². The molecule has 0 unspecified atom stereocenters. The smallest absolute Gasteiger partial charge is 0.339 e. The van der Waals surface area contributed by atoms with Gasteiger partial charge in [-0.3, -0.25) is 4.98 Å².